The highest BCUT2D eigenvalue weighted by Crippen LogP contribution is 2.29. The van der Waals surface area contributed by atoms with Crippen molar-refractivity contribution in [1.82, 2.24) is 4.98 Å². The van der Waals surface area contributed by atoms with Gasteiger partial charge in [-0.05, 0) is 42.0 Å². The summed E-state index contributed by atoms with van der Waals surface area (Å²) < 4.78 is 0.992. The third-order valence-corrected chi connectivity index (χ3v) is 4.58. The van der Waals surface area contributed by atoms with Gasteiger partial charge in [0.1, 0.15) is 0 Å². The fraction of sp³-hybridized carbons (Fsp3) is 0.111. The Bertz CT molecular complexity index is 993. The summed E-state index contributed by atoms with van der Waals surface area (Å²) in [5.74, 6) is -0.310. The van der Waals surface area contributed by atoms with Crippen LogP contribution in [0.5, 0.6) is 0 Å². The molecular weight excluding hydrogens is 352 g/mol. The summed E-state index contributed by atoms with van der Waals surface area (Å²) in [7, 11) is 3.93. The van der Waals surface area contributed by atoms with E-state index in [0.717, 1.165) is 15.9 Å². The summed E-state index contributed by atoms with van der Waals surface area (Å²) in [5.41, 5.74) is 2.61. The van der Waals surface area contributed by atoms with E-state index in [0.29, 0.717) is 10.7 Å². The number of fused-ring (bicyclic) bond motifs is 1. The largest absolute Gasteiger partial charge is 0.378 e. The average molecular weight is 368 g/mol. The van der Waals surface area contributed by atoms with Gasteiger partial charge in [0.05, 0.1) is 15.1 Å². The van der Waals surface area contributed by atoms with Crippen LogP contribution in [-0.2, 0) is 4.79 Å². The Labute approximate surface area is 153 Å². The maximum atomic E-state index is 12.1. The molecule has 3 rings (SSSR count). The number of rotatable bonds is 5. The third-order valence-electron chi connectivity index (χ3n) is 3.65. The van der Waals surface area contributed by atoms with Crippen LogP contribution in [0.4, 0.5) is 16.5 Å². The van der Waals surface area contributed by atoms with Crippen LogP contribution in [-0.4, -0.2) is 29.9 Å². The van der Waals surface area contributed by atoms with Crippen LogP contribution in [0, 0.1) is 10.1 Å². The van der Waals surface area contributed by atoms with Gasteiger partial charge in [-0.15, -0.1) is 0 Å². The number of aromatic nitrogens is 1. The normalized spacial score (nSPS) is 11.0. The first-order valence-electron chi connectivity index (χ1n) is 7.74. The van der Waals surface area contributed by atoms with Gasteiger partial charge in [0.2, 0.25) is 5.91 Å². The molecule has 0 saturated carbocycles. The quantitative estimate of drug-likeness (QED) is 0.419. The van der Waals surface area contributed by atoms with Gasteiger partial charge in [-0.2, -0.15) is 0 Å². The fourth-order valence-electron chi connectivity index (χ4n) is 2.27. The number of benzene rings is 2. The van der Waals surface area contributed by atoms with Gasteiger partial charge in [0, 0.05) is 38.0 Å². The number of carbonyl (C=O) groups excluding carboxylic acids is 1. The maximum absolute atomic E-state index is 12.1. The molecule has 1 aromatic heterocycles. The minimum Gasteiger partial charge on any atom is -0.378 e. The second-order valence-electron chi connectivity index (χ2n) is 5.74. The summed E-state index contributed by atoms with van der Waals surface area (Å²) >= 11 is 1.41. The van der Waals surface area contributed by atoms with Crippen LogP contribution in [0.2, 0.25) is 0 Å². The molecule has 8 heteroatoms. The molecule has 0 radical (unpaired) electrons. The smallest absolute Gasteiger partial charge is 0.269 e. The minimum absolute atomic E-state index is 0.0122. The minimum atomic E-state index is -0.463. The van der Waals surface area contributed by atoms with Crippen molar-refractivity contribution in [3.8, 4) is 0 Å². The molecule has 2 aromatic carbocycles. The van der Waals surface area contributed by atoms with E-state index in [1.165, 1.54) is 29.5 Å². The van der Waals surface area contributed by atoms with Crippen molar-refractivity contribution < 1.29 is 9.72 Å². The molecule has 0 unspecified atom stereocenters. The molecule has 0 saturated heterocycles. The van der Waals surface area contributed by atoms with E-state index in [4.69, 9.17) is 0 Å². The van der Waals surface area contributed by atoms with E-state index in [9.17, 15) is 14.9 Å². The predicted octanol–water partition coefficient (Wildman–Crippen LogP) is 3.92. The van der Waals surface area contributed by atoms with E-state index in [2.05, 4.69) is 10.3 Å². The van der Waals surface area contributed by atoms with Crippen molar-refractivity contribution in [2.75, 3.05) is 24.3 Å². The molecule has 1 N–H and O–H groups in total. The van der Waals surface area contributed by atoms with E-state index < -0.39 is 4.92 Å². The summed E-state index contributed by atoms with van der Waals surface area (Å²) in [6, 6.07) is 11.9. The second kappa shape index (κ2) is 7.32. The lowest BCUT2D eigenvalue weighted by molar-refractivity contribution is -0.384. The van der Waals surface area contributed by atoms with Crippen molar-refractivity contribution in [2.24, 2.45) is 0 Å². The number of nitro benzene ring substituents is 1. The van der Waals surface area contributed by atoms with Crippen LogP contribution in [0.3, 0.4) is 0 Å². The highest BCUT2D eigenvalue weighted by atomic mass is 32.1. The number of nitrogens with zero attached hydrogens (tertiary/aromatic N) is 3. The van der Waals surface area contributed by atoms with E-state index in [1.807, 2.05) is 37.2 Å². The third kappa shape index (κ3) is 4.04. The van der Waals surface area contributed by atoms with E-state index in [-0.39, 0.29) is 11.6 Å². The molecule has 26 heavy (non-hydrogen) atoms. The summed E-state index contributed by atoms with van der Waals surface area (Å²) in [4.78, 5) is 28.6. The highest BCUT2D eigenvalue weighted by Gasteiger charge is 2.08. The molecule has 1 amide bonds. The first-order valence-corrected chi connectivity index (χ1v) is 8.55. The molecule has 0 aliphatic heterocycles. The molecule has 0 aliphatic rings. The number of carbonyl (C=O) groups is 1. The van der Waals surface area contributed by atoms with Crippen molar-refractivity contribution in [1.29, 1.82) is 0 Å². The zero-order valence-corrected chi connectivity index (χ0v) is 15.0. The molecule has 0 aliphatic carbocycles. The molecule has 0 bridgehead atoms. The molecule has 7 nitrogen and oxygen atoms in total. The average Bonchev–Trinajstić information content (AvgIpc) is 3.01. The Morgan fingerprint density at radius 1 is 1.23 bits per heavy atom. The second-order valence-corrected chi connectivity index (χ2v) is 6.77. The summed E-state index contributed by atoms with van der Waals surface area (Å²) in [5, 5.41) is 13.9. The fourth-order valence-corrected chi connectivity index (χ4v) is 3.17. The van der Waals surface area contributed by atoms with Crippen LogP contribution >= 0.6 is 11.3 Å². The van der Waals surface area contributed by atoms with Crippen molar-refractivity contribution in [3.05, 3.63) is 64.2 Å². The molecule has 132 valence electrons. The van der Waals surface area contributed by atoms with Crippen LogP contribution in [0.25, 0.3) is 16.3 Å². The van der Waals surface area contributed by atoms with Gasteiger partial charge in [-0.25, -0.2) is 4.98 Å². The Balaban J connectivity index is 1.69. The van der Waals surface area contributed by atoms with Gasteiger partial charge < -0.3 is 4.90 Å². The number of nitro groups is 1. The maximum Gasteiger partial charge on any atom is 0.269 e. The number of amides is 1. The predicted molar refractivity (Wildman–Crippen MR) is 105 cm³/mol. The zero-order chi connectivity index (χ0) is 18.7. The molecular formula is C18H16N4O3S. The van der Waals surface area contributed by atoms with Gasteiger partial charge >= 0.3 is 0 Å². The first kappa shape index (κ1) is 17.6. The van der Waals surface area contributed by atoms with Gasteiger partial charge in [0.15, 0.2) is 5.13 Å². The lowest BCUT2D eigenvalue weighted by Gasteiger charge is -2.11. The standard InChI is InChI=1S/C18H16N4O3S/c1-21(2)14-8-9-15-16(11-14)26-18(19-15)20-17(23)10-5-12-3-6-13(7-4-12)22(24)25/h3-11H,1-2H3,(H,19,20,23). The number of anilines is 2. The Morgan fingerprint density at radius 2 is 1.96 bits per heavy atom. The SMILES string of the molecule is CN(C)c1ccc2nc(NC(=O)C=Cc3ccc([N+](=O)[O-])cc3)sc2c1. The van der Waals surface area contributed by atoms with Gasteiger partial charge in [0.25, 0.3) is 5.69 Å². The number of non-ortho nitro benzene ring substituents is 1. The Kier molecular flexibility index (Phi) is 4.94. The van der Waals surface area contributed by atoms with E-state index >= 15 is 0 Å². The molecule has 0 fully saturated rings. The number of hydrogen-bond acceptors (Lipinski definition) is 6. The number of thiazole rings is 1. The zero-order valence-electron chi connectivity index (χ0n) is 14.2. The van der Waals surface area contributed by atoms with Crippen molar-refractivity contribution >= 4 is 50.0 Å². The summed E-state index contributed by atoms with van der Waals surface area (Å²) in [6.07, 6.45) is 2.97. The molecule has 3 aromatic rings. The van der Waals surface area contributed by atoms with Gasteiger partial charge in [-0.1, -0.05) is 11.3 Å². The highest BCUT2D eigenvalue weighted by molar-refractivity contribution is 7.22. The van der Waals surface area contributed by atoms with Crippen LogP contribution in [0.1, 0.15) is 5.56 Å². The molecule has 0 atom stereocenters. The van der Waals surface area contributed by atoms with Gasteiger partial charge in [-0.3, -0.25) is 20.2 Å². The van der Waals surface area contributed by atoms with E-state index in [1.54, 1.807) is 18.2 Å². The number of nitrogens with one attached hydrogen (secondary N) is 1. The Hall–Kier alpha value is -3.26. The number of hydrogen-bond donors (Lipinski definition) is 1. The lowest BCUT2D eigenvalue weighted by atomic mass is 10.2. The summed E-state index contributed by atoms with van der Waals surface area (Å²) in [6.45, 7) is 0. The monoisotopic (exact) mass is 368 g/mol. The Morgan fingerprint density at radius 3 is 2.62 bits per heavy atom. The van der Waals surface area contributed by atoms with Crippen molar-refractivity contribution in [3.63, 3.8) is 0 Å². The molecule has 0 spiro atoms. The molecule has 1 heterocycles. The van der Waals surface area contributed by atoms with Crippen LogP contribution < -0.4 is 10.2 Å². The first-order chi connectivity index (χ1) is 12.4. The van der Waals surface area contributed by atoms with Crippen LogP contribution in [0.15, 0.2) is 48.5 Å². The van der Waals surface area contributed by atoms with Crippen molar-refractivity contribution in [2.45, 2.75) is 0 Å². The topological polar surface area (TPSA) is 88.4 Å². The lowest BCUT2D eigenvalue weighted by Crippen LogP contribution is -2.07.